The van der Waals surface area contributed by atoms with Crippen LogP contribution in [-0.2, 0) is 11.2 Å². The number of rotatable bonds is 5. The number of hydrogen-bond acceptors (Lipinski definition) is 3. The second kappa shape index (κ2) is 6.52. The number of aliphatic carboxylic acids is 1. The van der Waals surface area contributed by atoms with Gasteiger partial charge >= 0.3 is 5.97 Å². The van der Waals surface area contributed by atoms with E-state index in [0.29, 0.717) is 11.6 Å². The summed E-state index contributed by atoms with van der Waals surface area (Å²) in [5.41, 5.74) is 2.55. The first-order valence-electron chi connectivity index (χ1n) is 6.37. The molecule has 0 aliphatic rings. The Labute approximate surface area is 122 Å². The Morgan fingerprint density at radius 3 is 2.00 bits per heavy atom. The minimum absolute atomic E-state index is 0.333. The molecule has 0 bridgehead atoms. The molecule has 0 aliphatic carbocycles. The zero-order valence-corrected chi connectivity index (χ0v) is 11.2. The number of allylic oxidation sites excluding steroid dienone is 1. The maximum Gasteiger partial charge on any atom is 0.371 e. The summed E-state index contributed by atoms with van der Waals surface area (Å²) in [5, 5.41) is 17.6. The summed E-state index contributed by atoms with van der Waals surface area (Å²) in [6, 6.07) is 16.8. The van der Waals surface area contributed by atoms with Crippen LogP contribution in [0, 0.1) is 0 Å². The van der Waals surface area contributed by atoms with Crippen molar-refractivity contribution in [3.05, 3.63) is 83.1 Å². The predicted octanol–water partition coefficient (Wildman–Crippen LogP) is 2.99. The van der Waals surface area contributed by atoms with Crippen molar-refractivity contribution in [1.29, 1.82) is 0 Å². The second-order valence-electron chi connectivity index (χ2n) is 4.56. The maximum absolute atomic E-state index is 11.7. The van der Waals surface area contributed by atoms with Gasteiger partial charge in [0.05, 0.1) is 0 Å². The van der Waals surface area contributed by atoms with Crippen LogP contribution in [0.15, 0.2) is 66.4 Å². The predicted molar refractivity (Wildman–Crippen MR) is 78.4 cm³/mol. The molecule has 0 radical (unpaired) electrons. The van der Waals surface area contributed by atoms with Gasteiger partial charge in [0, 0.05) is 11.6 Å². The highest BCUT2D eigenvalue weighted by molar-refractivity contribution is 6.07. The van der Waals surface area contributed by atoms with E-state index in [9.17, 15) is 9.59 Å². The molecule has 0 unspecified atom stereocenters. The summed E-state index contributed by atoms with van der Waals surface area (Å²) in [6.45, 7) is 0. The average molecular weight is 282 g/mol. The minimum atomic E-state index is -1.52. The molecule has 4 nitrogen and oxygen atoms in total. The highest BCUT2D eigenvalue weighted by Crippen LogP contribution is 2.11. The zero-order chi connectivity index (χ0) is 15.2. The number of ketones is 1. The van der Waals surface area contributed by atoms with Gasteiger partial charge in [0.2, 0.25) is 5.76 Å². The van der Waals surface area contributed by atoms with E-state index in [-0.39, 0.29) is 0 Å². The van der Waals surface area contributed by atoms with E-state index in [2.05, 4.69) is 0 Å². The smallest absolute Gasteiger partial charge is 0.371 e. The Hall–Kier alpha value is -2.88. The minimum Gasteiger partial charge on any atom is -0.502 e. The summed E-state index contributed by atoms with van der Waals surface area (Å²) in [7, 11) is 0. The van der Waals surface area contributed by atoms with Gasteiger partial charge in [-0.3, -0.25) is 4.79 Å². The summed E-state index contributed by atoms with van der Waals surface area (Å²) in [4.78, 5) is 22.2. The normalized spacial score (nSPS) is 11.1. The van der Waals surface area contributed by atoms with E-state index in [0.717, 1.165) is 12.0 Å². The summed E-state index contributed by atoms with van der Waals surface area (Å²) in [5.74, 6) is -3.03. The number of aliphatic hydroxyl groups excluding tert-OH is 1. The van der Waals surface area contributed by atoms with Crippen LogP contribution < -0.4 is 0 Å². The number of carbonyl (C=O) groups is 2. The molecule has 0 fully saturated rings. The van der Waals surface area contributed by atoms with E-state index in [1.54, 1.807) is 12.1 Å². The lowest BCUT2D eigenvalue weighted by atomic mass is 10.0. The van der Waals surface area contributed by atoms with Gasteiger partial charge < -0.3 is 10.2 Å². The topological polar surface area (TPSA) is 74.6 Å². The fourth-order valence-electron chi connectivity index (χ4n) is 1.89. The van der Waals surface area contributed by atoms with Gasteiger partial charge in [-0.25, -0.2) is 4.79 Å². The van der Waals surface area contributed by atoms with Gasteiger partial charge in [-0.15, -0.1) is 0 Å². The molecule has 0 amide bonds. The summed E-state index contributed by atoms with van der Waals surface area (Å²) >= 11 is 0. The largest absolute Gasteiger partial charge is 0.502 e. The molecule has 0 spiro atoms. The molecule has 0 saturated heterocycles. The number of hydrogen-bond donors (Lipinski definition) is 2. The fourth-order valence-corrected chi connectivity index (χ4v) is 1.89. The van der Waals surface area contributed by atoms with E-state index in [4.69, 9.17) is 10.2 Å². The number of benzene rings is 2. The van der Waals surface area contributed by atoms with Crippen LogP contribution in [-0.4, -0.2) is 22.0 Å². The highest BCUT2D eigenvalue weighted by atomic mass is 16.4. The molecule has 0 aliphatic heterocycles. The first-order chi connectivity index (χ1) is 10.1. The molecule has 0 saturated carbocycles. The third kappa shape index (κ3) is 4.04. The summed E-state index contributed by atoms with van der Waals surface area (Å²) < 4.78 is 0. The number of carboxylic acid groups (broad SMARTS) is 1. The van der Waals surface area contributed by atoms with Gasteiger partial charge in [0.1, 0.15) is 0 Å². The number of carbonyl (C=O) groups excluding carboxylic acids is 1. The van der Waals surface area contributed by atoms with Crippen LogP contribution >= 0.6 is 0 Å². The van der Waals surface area contributed by atoms with Crippen LogP contribution in [0.4, 0.5) is 0 Å². The van der Waals surface area contributed by atoms with Crippen molar-refractivity contribution >= 4 is 11.8 Å². The molecular weight excluding hydrogens is 268 g/mol. The second-order valence-corrected chi connectivity index (χ2v) is 4.56. The van der Waals surface area contributed by atoms with Gasteiger partial charge in [0.25, 0.3) is 0 Å². The Balaban J connectivity index is 2.10. The highest BCUT2D eigenvalue weighted by Gasteiger charge is 2.09. The molecule has 106 valence electrons. The van der Waals surface area contributed by atoms with E-state index < -0.39 is 17.5 Å². The Kier molecular flexibility index (Phi) is 4.51. The van der Waals surface area contributed by atoms with E-state index in [1.165, 1.54) is 5.56 Å². The third-order valence-electron chi connectivity index (χ3n) is 2.98. The Morgan fingerprint density at radius 2 is 1.43 bits per heavy atom. The van der Waals surface area contributed by atoms with Gasteiger partial charge in [-0.1, -0.05) is 54.6 Å². The van der Waals surface area contributed by atoms with Gasteiger partial charge in [0.15, 0.2) is 5.78 Å². The molecular formula is C17H14O4. The van der Waals surface area contributed by atoms with Crippen molar-refractivity contribution in [2.24, 2.45) is 0 Å². The first kappa shape index (κ1) is 14.5. The molecule has 0 aromatic heterocycles. The van der Waals surface area contributed by atoms with Crippen LogP contribution in [0.3, 0.4) is 0 Å². The lowest BCUT2D eigenvalue weighted by molar-refractivity contribution is -0.135. The summed E-state index contributed by atoms with van der Waals surface area (Å²) in [6.07, 6.45) is 1.46. The lowest BCUT2D eigenvalue weighted by Crippen LogP contribution is -2.04. The Morgan fingerprint density at radius 1 is 0.857 bits per heavy atom. The van der Waals surface area contributed by atoms with Crippen LogP contribution in [0.5, 0.6) is 0 Å². The van der Waals surface area contributed by atoms with E-state index in [1.807, 2.05) is 42.5 Å². The molecule has 4 heteroatoms. The molecule has 2 aromatic rings. The first-order valence-corrected chi connectivity index (χ1v) is 6.37. The molecule has 0 atom stereocenters. The molecule has 2 N–H and O–H groups in total. The quantitative estimate of drug-likeness (QED) is 0.502. The van der Waals surface area contributed by atoms with Gasteiger partial charge in [-0.05, 0) is 17.5 Å². The Bertz CT molecular complexity index is 670. The van der Waals surface area contributed by atoms with Crippen LogP contribution in [0.1, 0.15) is 21.5 Å². The van der Waals surface area contributed by atoms with Crippen molar-refractivity contribution in [3.8, 4) is 0 Å². The standard InChI is InChI=1S/C17H14O4/c18-15(11-16(19)17(20)21)14-8-6-13(7-9-14)10-12-4-2-1-3-5-12/h1-9,11,19H,10H2,(H,20,21)/b16-11+. The van der Waals surface area contributed by atoms with Crippen molar-refractivity contribution in [1.82, 2.24) is 0 Å². The van der Waals surface area contributed by atoms with Crippen molar-refractivity contribution in [2.75, 3.05) is 0 Å². The molecule has 0 heterocycles. The SMILES string of the molecule is O=C(O)/C(O)=C\C(=O)c1ccc(Cc2ccccc2)cc1. The third-order valence-corrected chi connectivity index (χ3v) is 2.98. The zero-order valence-electron chi connectivity index (χ0n) is 11.2. The van der Waals surface area contributed by atoms with E-state index >= 15 is 0 Å². The van der Waals surface area contributed by atoms with Crippen LogP contribution in [0.25, 0.3) is 0 Å². The number of aliphatic hydroxyl groups is 1. The van der Waals surface area contributed by atoms with Crippen molar-refractivity contribution in [2.45, 2.75) is 6.42 Å². The van der Waals surface area contributed by atoms with Crippen molar-refractivity contribution < 1.29 is 19.8 Å². The monoisotopic (exact) mass is 282 g/mol. The van der Waals surface area contributed by atoms with Crippen molar-refractivity contribution in [3.63, 3.8) is 0 Å². The fraction of sp³-hybridized carbons (Fsp3) is 0.0588. The van der Waals surface area contributed by atoms with Crippen LogP contribution in [0.2, 0.25) is 0 Å². The molecule has 2 rings (SSSR count). The lowest BCUT2D eigenvalue weighted by Gasteiger charge is -2.03. The number of carboxylic acids is 1. The maximum atomic E-state index is 11.7. The molecule has 21 heavy (non-hydrogen) atoms. The molecule has 2 aromatic carbocycles. The average Bonchev–Trinajstić information content (AvgIpc) is 2.48. The van der Waals surface area contributed by atoms with Gasteiger partial charge in [-0.2, -0.15) is 0 Å².